The van der Waals surface area contributed by atoms with Crippen molar-refractivity contribution in [3.63, 3.8) is 0 Å². The molecule has 1 heterocycles. The van der Waals surface area contributed by atoms with E-state index in [0.29, 0.717) is 5.92 Å². The van der Waals surface area contributed by atoms with Crippen LogP contribution in [0.1, 0.15) is 24.3 Å². The normalized spacial score (nSPS) is 22.3. The van der Waals surface area contributed by atoms with Gasteiger partial charge >= 0.3 is 0 Å². The number of benzene rings is 1. The van der Waals surface area contributed by atoms with E-state index in [1.54, 1.807) is 12.1 Å². The van der Waals surface area contributed by atoms with Gasteiger partial charge < -0.3 is 5.32 Å². The van der Waals surface area contributed by atoms with Gasteiger partial charge in [-0.1, -0.05) is 6.07 Å². The van der Waals surface area contributed by atoms with Crippen molar-refractivity contribution in [3.05, 3.63) is 33.1 Å². The molecular formula is C11H13FIN. The molecular weight excluding hydrogens is 292 g/mol. The topological polar surface area (TPSA) is 12.0 Å². The van der Waals surface area contributed by atoms with Crippen molar-refractivity contribution >= 4 is 22.6 Å². The van der Waals surface area contributed by atoms with Crippen molar-refractivity contribution in [2.45, 2.75) is 18.8 Å². The van der Waals surface area contributed by atoms with Crippen LogP contribution in [-0.2, 0) is 0 Å². The van der Waals surface area contributed by atoms with Crippen LogP contribution in [0, 0.1) is 9.39 Å². The molecule has 1 nitrogen and oxygen atoms in total. The van der Waals surface area contributed by atoms with Gasteiger partial charge in [0.05, 0.1) is 0 Å². The monoisotopic (exact) mass is 305 g/mol. The van der Waals surface area contributed by atoms with E-state index in [-0.39, 0.29) is 5.82 Å². The smallest absolute Gasteiger partial charge is 0.127 e. The molecule has 0 aromatic heterocycles. The third kappa shape index (κ3) is 2.08. The summed E-state index contributed by atoms with van der Waals surface area (Å²) in [4.78, 5) is 0. The van der Waals surface area contributed by atoms with Crippen molar-refractivity contribution in [2.24, 2.45) is 0 Å². The summed E-state index contributed by atoms with van der Waals surface area (Å²) in [5.74, 6) is 0.308. The molecule has 2 rings (SSSR count). The minimum absolute atomic E-state index is 0.0504. The van der Waals surface area contributed by atoms with Crippen LogP contribution in [0.3, 0.4) is 0 Å². The molecule has 0 radical (unpaired) electrons. The highest BCUT2D eigenvalue weighted by molar-refractivity contribution is 14.1. The van der Waals surface area contributed by atoms with Crippen LogP contribution in [0.4, 0.5) is 4.39 Å². The predicted octanol–water partition coefficient (Wildman–Crippen LogP) is 2.90. The van der Waals surface area contributed by atoms with Crippen molar-refractivity contribution < 1.29 is 4.39 Å². The Morgan fingerprint density at radius 1 is 1.43 bits per heavy atom. The van der Waals surface area contributed by atoms with Crippen molar-refractivity contribution in [2.75, 3.05) is 13.1 Å². The highest BCUT2D eigenvalue weighted by atomic mass is 127. The maximum Gasteiger partial charge on any atom is 0.127 e. The third-order valence-electron chi connectivity index (χ3n) is 2.70. The Balaban J connectivity index is 2.29. The number of hydrogen-bond donors (Lipinski definition) is 1. The lowest BCUT2D eigenvalue weighted by molar-refractivity contribution is 0.445. The van der Waals surface area contributed by atoms with E-state index in [1.165, 1.54) is 0 Å². The number of rotatable bonds is 1. The van der Waals surface area contributed by atoms with Crippen molar-refractivity contribution in [3.8, 4) is 0 Å². The van der Waals surface area contributed by atoms with Gasteiger partial charge in [0.15, 0.2) is 0 Å². The minimum atomic E-state index is -0.0504. The molecule has 14 heavy (non-hydrogen) atoms. The molecule has 0 saturated carbocycles. The summed E-state index contributed by atoms with van der Waals surface area (Å²) >= 11 is 2.22. The van der Waals surface area contributed by atoms with Gasteiger partial charge in [0, 0.05) is 21.6 Å². The largest absolute Gasteiger partial charge is 0.316 e. The Labute approximate surface area is 97.2 Å². The van der Waals surface area contributed by atoms with Crippen molar-refractivity contribution in [1.29, 1.82) is 0 Å². The van der Waals surface area contributed by atoms with E-state index in [1.807, 2.05) is 6.07 Å². The molecule has 1 saturated heterocycles. The molecule has 0 unspecified atom stereocenters. The van der Waals surface area contributed by atoms with E-state index in [0.717, 1.165) is 35.1 Å². The Hall–Kier alpha value is -0.160. The van der Waals surface area contributed by atoms with Gasteiger partial charge in [-0.15, -0.1) is 0 Å². The summed E-state index contributed by atoms with van der Waals surface area (Å²) in [7, 11) is 0. The second-order valence-electron chi connectivity index (χ2n) is 3.68. The van der Waals surface area contributed by atoms with Gasteiger partial charge in [0.25, 0.3) is 0 Å². The summed E-state index contributed by atoms with van der Waals surface area (Å²) in [6, 6.07) is 5.32. The molecule has 0 spiro atoms. The molecule has 0 aliphatic carbocycles. The standard InChI is InChI=1S/C11H13FIN/c12-9-4-1-5-10(13)11(9)8-3-2-6-14-7-8/h1,4-5,8,14H,2-3,6-7H2/t8-/m0/s1. The fraction of sp³-hybridized carbons (Fsp3) is 0.455. The molecule has 3 heteroatoms. The van der Waals surface area contributed by atoms with E-state index in [4.69, 9.17) is 0 Å². The molecule has 0 amide bonds. The zero-order valence-electron chi connectivity index (χ0n) is 7.89. The first kappa shape index (κ1) is 10.4. The van der Waals surface area contributed by atoms with Gasteiger partial charge in [-0.25, -0.2) is 4.39 Å². The van der Waals surface area contributed by atoms with E-state index < -0.39 is 0 Å². The van der Waals surface area contributed by atoms with E-state index in [2.05, 4.69) is 27.9 Å². The number of nitrogens with one attached hydrogen (secondary N) is 1. The molecule has 1 aliphatic heterocycles. The second-order valence-corrected chi connectivity index (χ2v) is 4.84. The molecule has 1 aromatic rings. The first-order chi connectivity index (χ1) is 6.79. The predicted molar refractivity (Wildman–Crippen MR) is 64.0 cm³/mol. The number of hydrogen-bond acceptors (Lipinski definition) is 1. The molecule has 1 aromatic carbocycles. The molecule has 1 N–H and O–H groups in total. The van der Waals surface area contributed by atoms with Crippen LogP contribution in [-0.4, -0.2) is 13.1 Å². The second kappa shape index (κ2) is 4.57. The zero-order valence-corrected chi connectivity index (χ0v) is 10.1. The first-order valence-electron chi connectivity index (χ1n) is 4.93. The molecule has 76 valence electrons. The maximum atomic E-state index is 13.6. The van der Waals surface area contributed by atoms with Crippen molar-refractivity contribution in [1.82, 2.24) is 5.32 Å². The lowest BCUT2D eigenvalue weighted by Crippen LogP contribution is -2.29. The minimum Gasteiger partial charge on any atom is -0.316 e. The number of halogens is 2. The average molecular weight is 305 g/mol. The van der Waals surface area contributed by atoms with Gasteiger partial charge in [-0.05, 0) is 54.1 Å². The number of piperidine rings is 1. The summed E-state index contributed by atoms with van der Waals surface area (Å²) in [5.41, 5.74) is 0.903. The SMILES string of the molecule is Fc1cccc(I)c1[C@H]1CCCNC1. The first-order valence-corrected chi connectivity index (χ1v) is 6.01. The fourth-order valence-electron chi connectivity index (χ4n) is 2.00. The van der Waals surface area contributed by atoms with Crippen LogP contribution in [0.25, 0.3) is 0 Å². The van der Waals surface area contributed by atoms with Crippen LogP contribution in [0.2, 0.25) is 0 Å². The van der Waals surface area contributed by atoms with E-state index in [9.17, 15) is 4.39 Å². The highest BCUT2D eigenvalue weighted by Crippen LogP contribution is 2.29. The van der Waals surface area contributed by atoms with Crippen LogP contribution in [0.5, 0.6) is 0 Å². The quantitative estimate of drug-likeness (QED) is 0.787. The van der Waals surface area contributed by atoms with Gasteiger partial charge in [0.1, 0.15) is 5.82 Å². The molecule has 0 bridgehead atoms. The lowest BCUT2D eigenvalue weighted by Gasteiger charge is -2.24. The van der Waals surface area contributed by atoms with Crippen LogP contribution >= 0.6 is 22.6 Å². The molecule has 1 atom stereocenters. The van der Waals surface area contributed by atoms with E-state index >= 15 is 0 Å². The highest BCUT2D eigenvalue weighted by Gasteiger charge is 2.20. The summed E-state index contributed by atoms with van der Waals surface area (Å²) in [6.07, 6.45) is 2.25. The average Bonchev–Trinajstić information content (AvgIpc) is 2.19. The zero-order chi connectivity index (χ0) is 9.97. The summed E-state index contributed by atoms with van der Waals surface area (Å²) in [5, 5.41) is 3.32. The Morgan fingerprint density at radius 2 is 2.29 bits per heavy atom. The molecule has 1 aliphatic rings. The Bertz CT molecular complexity index is 301. The van der Waals surface area contributed by atoms with Crippen LogP contribution < -0.4 is 5.32 Å². The Kier molecular flexibility index (Phi) is 3.38. The lowest BCUT2D eigenvalue weighted by atomic mass is 9.91. The van der Waals surface area contributed by atoms with Gasteiger partial charge in [-0.2, -0.15) is 0 Å². The fourth-order valence-corrected chi connectivity index (χ4v) is 2.90. The molecule has 1 fully saturated rings. The summed E-state index contributed by atoms with van der Waals surface area (Å²) in [6.45, 7) is 1.98. The third-order valence-corrected chi connectivity index (χ3v) is 3.65. The maximum absolute atomic E-state index is 13.6. The van der Waals surface area contributed by atoms with Crippen LogP contribution in [0.15, 0.2) is 18.2 Å². The van der Waals surface area contributed by atoms with Gasteiger partial charge in [0.2, 0.25) is 0 Å². The Morgan fingerprint density at radius 3 is 2.93 bits per heavy atom. The summed E-state index contributed by atoms with van der Waals surface area (Å²) < 4.78 is 14.7. The van der Waals surface area contributed by atoms with Gasteiger partial charge in [-0.3, -0.25) is 0 Å².